The molecule has 1 aromatic carbocycles. The number of carbonyl (C=O) groups is 1. The van der Waals surface area contributed by atoms with E-state index in [2.05, 4.69) is 0 Å². The Labute approximate surface area is 144 Å². The Kier molecular flexibility index (Phi) is 6.37. The molecule has 0 unspecified atom stereocenters. The lowest BCUT2D eigenvalue weighted by Gasteiger charge is -2.31. The molecular formula is C17H26N2O4S. The van der Waals surface area contributed by atoms with Gasteiger partial charge in [0.1, 0.15) is 0 Å². The van der Waals surface area contributed by atoms with Crippen molar-refractivity contribution in [3.63, 3.8) is 0 Å². The Morgan fingerprint density at radius 1 is 1.21 bits per heavy atom. The van der Waals surface area contributed by atoms with Crippen molar-refractivity contribution in [3.05, 3.63) is 29.8 Å². The molecule has 6 nitrogen and oxygen atoms in total. The Morgan fingerprint density at radius 2 is 1.79 bits per heavy atom. The van der Waals surface area contributed by atoms with Crippen LogP contribution in [0, 0.1) is 0 Å². The minimum atomic E-state index is -3.48. The van der Waals surface area contributed by atoms with Crippen LogP contribution in [0.2, 0.25) is 0 Å². The Bertz CT molecular complexity index is 648. The molecule has 1 aliphatic heterocycles. The summed E-state index contributed by atoms with van der Waals surface area (Å²) in [6.07, 6.45) is 1.87. The standard InChI is InChI=1S/C17H26N2O4S/c1-4-23-15-9-11-19(12-10-15)24(21,22)16-7-5-14(6-8-16)13-17(20)18(2)3/h5-8,15H,4,9-13H2,1-3H3. The Hall–Kier alpha value is -1.44. The summed E-state index contributed by atoms with van der Waals surface area (Å²) in [5.74, 6) is -0.0106. The first-order valence-electron chi connectivity index (χ1n) is 8.25. The van der Waals surface area contributed by atoms with Gasteiger partial charge in [0.2, 0.25) is 15.9 Å². The van der Waals surface area contributed by atoms with E-state index >= 15 is 0 Å². The van der Waals surface area contributed by atoms with E-state index in [1.165, 1.54) is 9.21 Å². The van der Waals surface area contributed by atoms with Gasteiger partial charge in [-0.2, -0.15) is 4.31 Å². The number of carbonyl (C=O) groups excluding carboxylic acids is 1. The minimum Gasteiger partial charge on any atom is -0.378 e. The Balaban J connectivity index is 2.03. The van der Waals surface area contributed by atoms with Crippen molar-refractivity contribution < 1.29 is 17.9 Å². The number of piperidine rings is 1. The lowest BCUT2D eigenvalue weighted by Crippen LogP contribution is -2.40. The van der Waals surface area contributed by atoms with Crippen molar-refractivity contribution in [2.45, 2.75) is 37.2 Å². The van der Waals surface area contributed by atoms with Gasteiger partial charge in [0.05, 0.1) is 17.4 Å². The van der Waals surface area contributed by atoms with Gasteiger partial charge < -0.3 is 9.64 Å². The van der Waals surface area contributed by atoms with Gasteiger partial charge >= 0.3 is 0 Å². The molecule has 2 rings (SSSR count). The molecule has 24 heavy (non-hydrogen) atoms. The van der Waals surface area contributed by atoms with Crippen LogP contribution in [-0.4, -0.2) is 63.4 Å². The van der Waals surface area contributed by atoms with Crippen LogP contribution in [0.25, 0.3) is 0 Å². The summed E-state index contributed by atoms with van der Waals surface area (Å²) < 4.78 is 32.5. The number of benzene rings is 1. The highest BCUT2D eigenvalue weighted by Gasteiger charge is 2.29. The Morgan fingerprint density at radius 3 is 2.29 bits per heavy atom. The predicted octanol–water partition coefficient (Wildman–Crippen LogP) is 1.51. The molecule has 0 saturated carbocycles. The number of nitrogens with zero attached hydrogens (tertiary/aromatic N) is 2. The highest BCUT2D eigenvalue weighted by molar-refractivity contribution is 7.89. The lowest BCUT2D eigenvalue weighted by molar-refractivity contribution is -0.127. The number of sulfonamides is 1. The zero-order valence-electron chi connectivity index (χ0n) is 14.6. The van der Waals surface area contributed by atoms with Crippen LogP contribution in [0.15, 0.2) is 29.2 Å². The summed E-state index contributed by atoms with van der Waals surface area (Å²) in [6, 6.07) is 6.59. The van der Waals surface area contributed by atoms with Gasteiger partial charge in [-0.25, -0.2) is 8.42 Å². The van der Waals surface area contributed by atoms with Crippen molar-refractivity contribution in [3.8, 4) is 0 Å². The molecule has 0 aromatic heterocycles. The monoisotopic (exact) mass is 354 g/mol. The summed E-state index contributed by atoms with van der Waals surface area (Å²) in [6.45, 7) is 3.57. The van der Waals surface area contributed by atoms with Crippen LogP contribution < -0.4 is 0 Å². The van der Waals surface area contributed by atoms with Gasteiger partial charge in [-0.05, 0) is 37.5 Å². The molecule has 0 aliphatic carbocycles. The molecule has 1 fully saturated rings. The maximum atomic E-state index is 12.7. The van der Waals surface area contributed by atoms with E-state index in [1.807, 2.05) is 6.92 Å². The predicted molar refractivity (Wildman–Crippen MR) is 92.2 cm³/mol. The van der Waals surface area contributed by atoms with Crippen LogP contribution in [0.3, 0.4) is 0 Å². The van der Waals surface area contributed by atoms with Crippen LogP contribution in [0.5, 0.6) is 0 Å². The average Bonchev–Trinajstić information content (AvgIpc) is 2.56. The van der Waals surface area contributed by atoms with Gasteiger partial charge in [0, 0.05) is 33.8 Å². The van der Waals surface area contributed by atoms with E-state index in [0.717, 1.165) is 18.4 Å². The number of ether oxygens (including phenoxy) is 1. The maximum Gasteiger partial charge on any atom is 0.243 e. The van der Waals surface area contributed by atoms with E-state index in [9.17, 15) is 13.2 Å². The fourth-order valence-electron chi connectivity index (χ4n) is 2.74. The van der Waals surface area contributed by atoms with Crippen molar-refractivity contribution in [1.82, 2.24) is 9.21 Å². The molecule has 1 aliphatic rings. The molecule has 0 atom stereocenters. The quantitative estimate of drug-likeness (QED) is 0.777. The molecule has 0 N–H and O–H groups in total. The third-order valence-corrected chi connectivity index (χ3v) is 6.13. The van der Waals surface area contributed by atoms with E-state index in [1.54, 1.807) is 38.4 Å². The van der Waals surface area contributed by atoms with Crippen LogP contribution in [-0.2, 0) is 26.0 Å². The van der Waals surface area contributed by atoms with Crippen LogP contribution >= 0.6 is 0 Å². The molecule has 0 spiro atoms. The van der Waals surface area contributed by atoms with E-state index in [-0.39, 0.29) is 23.3 Å². The first kappa shape index (κ1) is 18.9. The molecule has 1 heterocycles. The summed E-state index contributed by atoms with van der Waals surface area (Å²) in [4.78, 5) is 13.5. The van der Waals surface area contributed by atoms with Crippen LogP contribution in [0.1, 0.15) is 25.3 Å². The van der Waals surface area contributed by atoms with E-state index in [4.69, 9.17) is 4.74 Å². The number of hydrogen-bond acceptors (Lipinski definition) is 4. The van der Waals surface area contributed by atoms with E-state index < -0.39 is 10.0 Å². The van der Waals surface area contributed by atoms with Crippen molar-refractivity contribution >= 4 is 15.9 Å². The topological polar surface area (TPSA) is 66.9 Å². The van der Waals surface area contributed by atoms with E-state index in [0.29, 0.717) is 19.7 Å². The highest BCUT2D eigenvalue weighted by Crippen LogP contribution is 2.22. The summed E-state index contributed by atoms with van der Waals surface area (Å²) in [7, 11) is -0.0767. The second-order valence-corrected chi connectivity index (χ2v) is 8.11. The number of rotatable bonds is 6. The second-order valence-electron chi connectivity index (χ2n) is 6.17. The first-order valence-corrected chi connectivity index (χ1v) is 9.69. The summed E-state index contributed by atoms with van der Waals surface area (Å²) >= 11 is 0. The molecule has 0 bridgehead atoms. The molecular weight excluding hydrogens is 328 g/mol. The maximum absolute atomic E-state index is 12.7. The fourth-order valence-corrected chi connectivity index (χ4v) is 4.21. The number of likely N-dealkylation sites (N-methyl/N-ethyl adjacent to an activating group) is 1. The van der Waals surface area contributed by atoms with Crippen molar-refractivity contribution in [1.29, 1.82) is 0 Å². The zero-order valence-corrected chi connectivity index (χ0v) is 15.4. The molecule has 1 amide bonds. The minimum absolute atomic E-state index is 0.0106. The number of amides is 1. The van der Waals surface area contributed by atoms with Crippen molar-refractivity contribution in [2.75, 3.05) is 33.8 Å². The SMILES string of the molecule is CCOC1CCN(S(=O)(=O)c2ccc(CC(=O)N(C)C)cc2)CC1. The smallest absolute Gasteiger partial charge is 0.243 e. The molecule has 1 saturated heterocycles. The third-order valence-electron chi connectivity index (χ3n) is 4.22. The molecule has 1 aromatic rings. The normalized spacial score (nSPS) is 17.0. The first-order chi connectivity index (χ1) is 11.3. The molecule has 134 valence electrons. The average molecular weight is 354 g/mol. The second kappa shape index (κ2) is 8.09. The van der Waals surface area contributed by atoms with Gasteiger partial charge in [-0.15, -0.1) is 0 Å². The lowest BCUT2D eigenvalue weighted by atomic mass is 10.1. The highest BCUT2D eigenvalue weighted by atomic mass is 32.2. The molecule has 7 heteroatoms. The third kappa shape index (κ3) is 4.55. The number of hydrogen-bond donors (Lipinski definition) is 0. The molecule has 0 radical (unpaired) electrons. The van der Waals surface area contributed by atoms with Crippen LogP contribution in [0.4, 0.5) is 0 Å². The summed E-state index contributed by atoms with van der Waals surface area (Å²) in [5.41, 5.74) is 0.808. The van der Waals surface area contributed by atoms with Gasteiger partial charge in [0.15, 0.2) is 0 Å². The van der Waals surface area contributed by atoms with Gasteiger partial charge in [-0.3, -0.25) is 4.79 Å². The fraction of sp³-hybridized carbons (Fsp3) is 0.588. The largest absolute Gasteiger partial charge is 0.378 e. The van der Waals surface area contributed by atoms with Gasteiger partial charge in [0.25, 0.3) is 0 Å². The van der Waals surface area contributed by atoms with Gasteiger partial charge in [-0.1, -0.05) is 12.1 Å². The summed E-state index contributed by atoms with van der Waals surface area (Å²) in [5, 5.41) is 0. The van der Waals surface area contributed by atoms with Crippen molar-refractivity contribution in [2.24, 2.45) is 0 Å². The zero-order chi connectivity index (χ0) is 17.7.